The summed E-state index contributed by atoms with van der Waals surface area (Å²) in [6, 6.07) is 6.04. The second-order valence-electron chi connectivity index (χ2n) is 3.44. The molecule has 0 saturated carbocycles. The zero-order chi connectivity index (χ0) is 9.26. The monoisotopic (exact) mass is 194 g/mol. The standard InChI is InChI=1S/C10H14N2S/c11-9-4-3-8(7-10(9)13)12-5-1-2-6-12/h3-4,7,13H,1-2,5-6,11H2. The van der Waals surface area contributed by atoms with Crippen LogP contribution in [0, 0.1) is 0 Å². The van der Waals surface area contributed by atoms with Gasteiger partial charge < -0.3 is 10.6 Å². The quantitative estimate of drug-likeness (QED) is 0.530. The van der Waals surface area contributed by atoms with Crippen LogP contribution in [0.2, 0.25) is 0 Å². The number of hydrogen-bond donors (Lipinski definition) is 2. The van der Waals surface area contributed by atoms with Gasteiger partial charge in [0.05, 0.1) is 0 Å². The Balaban J connectivity index is 2.25. The number of anilines is 2. The Kier molecular flexibility index (Phi) is 2.36. The first kappa shape index (κ1) is 8.75. The van der Waals surface area contributed by atoms with Crippen LogP contribution in [0.5, 0.6) is 0 Å². The fraction of sp³-hybridized carbons (Fsp3) is 0.400. The van der Waals surface area contributed by atoms with E-state index in [1.54, 1.807) is 0 Å². The molecule has 2 N–H and O–H groups in total. The SMILES string of the molecule is Nc1ccc(N2CCCC2)cc1S. The predicted molar refractivity (Wildman–Crippen MR) is 59.6 cm³/mol. The molecule has 1 fully saturated rings. The Morgan fingerprint density at radius 2 is 1.92 bits per heavy atom. The molecule has 0 aromatic heterocycles. The van der Waals surface area contributed by atoms with E-state index in [9.17, 15) is 0 Å². The van der Waals surface area contributed by atoms with Gasteiger partial charge in [0.25, 0.3) is 0 Å². The fourth-order valence-corrected chi connectivity index (χ4v) is 1.91. The van der Waals surface area contributed by atoms with Crippen molar-refractivity contribution in [2.24, 2.45) is 0 Å². The van der Waals surface area contributed by atoms with Crippen molar-refractivity contribution in [3.8, 4) is 0 Å². The summed E-state index contributed by atoms with van der Waals surface area (Å²) in [5, 5.41) is 0. The minimum atomic E-state index is 0.756. The Labute approximate surface area is 84.1 Å². The Bertz CT molecular complexity index is 306. The van der Waals surface area contributed by atoms with Crippen molar-refractivity contribution in [3.05, 3.63) is 18.2 Å². The van der Waals surface area contributed by atoms with Crippen LogP contribution < -0.4 is 10.6 Å². The first-order valence-electron chi connectivity index (χ1n) is 4.61. The van der Waals surface area contributed by atoms with Gasteiger partial charge in [0, 0.05) is 29.4 Å². The highest BCUT2D eigenvalue weighted by atomic mass is 32.1. The highest BCUT2D eigenvalue weighted by Gasteiger charge is 2.12. The Morgan fingerprint density at radius 1 is 1.23 bits per heavy atom. The second kappa shape index (κ2) is 3.50. The minimum absolute atomic E-state index is 0.756. The molecule has 0 atom stereocenters. The molecule has 0 aliphatic carbocycles. The van der Waals surface area contributed by atoms with Gasteiger partial charge in [-0.2, -0.15) is 0 Å². The third-order valence-corrected chi connectivity index (χ3v) is 2.87. The van der Waals surface area contributed by atoms with Crippen molar-refractivity contribution >= 4 is 24.0 Å². The third kappa shape index (κ3) is 1.75. The topological polar surface area (TPSA) is 29.3 Å². The van der Waals surface area contributed by atoms with Gasteiger partial charge >= 0.3 is 0 Å². The molecule has 0 amide bonds. The molecular formula is C10H14N2S. The smallest absolute Gasteiger partial charge is 0.0451 e. The molecule has 0 bridgehead atoms. The van der Waals surface area contributed by atoms with Crippen LogP contribution in [0.4, 0.5) is 11.4 Å². The molecule has 0 radical (unpaired) electrons. The lowest BCUT2D eigenvalue weighted by atomic mass is 10.2. The first-order chi connectivity index (χ1) is 6.27. The molecule has 0 spiro atoms. The minimum Gasteiger partial charge on any atom is -0.398 e. The van der Waals surface area contributed by atoms with Crippen LogP contribution in [-0.2, 0) is 0 Å². The van der Waals surface area contributed by atoms with Gasteiger partial charge in [0.15, 0.2) is 0 Å². The largest absolute Gasteiger partial charge is 0.398 e. The highest BCUT2D eigenvalue weighted by Crippen LogP contribution is 2.26. The number of hydrogen-bond acceptors (Lipinski definition) is 3. The van der Waals surface area contributed by atoms with E-state index in [1.807, 2.05) is 12.1 Å². The van der Waals surface area contributed by atoms with Crippen LogP contribution in [0.15, 0.2) is 23.1 Å². The number of rotatable bonds is 1. The fourth-order valence-electron chi connectivity index (χ4n) is 1.70. The average Bonchev–Trinajstić information content (AvgIpc) is 2.62. The summed E-state index contributed by atoms with van der Waals surface area (Å²) in [4.78, 5) is 3.25. The van der Waals surface area contributed by atoms with Crippen LogP contribution in [0.25, 0.3) is 0 Å². The highest BCUT2D eigenvalue weighted by molar-refractivity contribution is 7.80. The van der Waals surface area contributed by atoms with E-state index in [2.05, 4.69) is 23.6 Å². The molecular weight excluding hydrogens is 180 g/mol. The molecule has 1 aliphatic heterocycles. The predicted octanol–water partition coefficient (Wildman–Crippen LogP) is 2.16. The van der Waals surface area contributed by atoms with Crippen molar-refractivity contribution in [3.63, 3.8) is 0 Å². The normalized spacial score (nSPS) is 16.5. The van der Waals surface area contributed by atoms with Crippen LogP contribution in [0.3, 0.4) is 0 Å². The van der Waals surface area contributed by atoms with Crippen molar-refractivity contribution in [1.82, 2.24) is 0 Å². The maximum atomic E-state index is 5.69. The van der Waals surface area contributed by atoms with Crippen LogP contribution >= 0.6 is 12.6 Å². The van der Waals surface area contributed by atoms with Gasteiger partial charge in [-0.1, -0.05) is 0 Å². The average molecular weight is 194 g/mol. The maximum Gasteiger partial charge on any atom is 0.0451 e. The van der Waals surface area contributed by atoms with E-state index >= 15 is 0 Å². The lowest BCUT2D eigenvalue weighted by molar-refractivity contribution is 0.949. The molecule has 1 aromatic carbocycles. The summed E-state index contributed by atoms with van der Waals surface area (Å²) in [7, 11) is 0. The Hall–Kier alpha value is -0.830. The molecule has 13 heavy (non-hydrogen) atoms. The van der Waals surface area contributed by atoms with E-state index in [-0.39, 0.29) is 0 Å². The van der Waals surface area contributed by atoms with Crippen molar-refractivity contribution in [2.45, 2.75) is 17.7 Å². The third-order valence-electron chi connectivity index (χ3n) is 2.49. The molecule has 2 nitrogen and oxygen atoms in total. The van der Waals surface area contributed by atoms with E-state index in [1.165, 1.54) is 18.5 Å². The van der Waals surface area contributed by atoms with E-state index in [4.69, 9.17) is 5.73 Å². The summed E-state index contributed by atoms with van der Waals surface area (Å²) in [6.07, 6.45) is 2.60. The van der Waals surface area contributed by atoms with Gasteiger partial charge in [-0.25, -0.2) is 0 Å². The summed E-state index contributed by atoms with van der Waals surface area (Å²) < 4.78 is 0. The molecule has 1 saturated heterocycles. The first-order valence-corrected chi connectivity index (χ1v) is 5.05. The van der Waals surface area contributed by atoms with Gasteiger partial charge in [-0.05, 0) is 31.0 Å². The molecule has 70 valence electrons. The van der Waals surface area contributed by atoms with Gasteiger partial charge in [-0.3, -0.25) is 0 Å². The van der Waals surface area contributed by atoms with Crippen LogP contribution in [-0.4, -0.2) is 13.1 Å². The molecule has 3 heteroatoms. The van der Waals surface area contributed by atoms with Gasteiger partial charge in [0.1, 0.15) is 0 Å². The van der Waals surface area contributed by atoms with Crippen molar-refractivity contribution in [1.29, 1.82) is 0 Å². The Morgan fingerprint density at radius 3 is 2.54 bits per heavy atom. The molecule has 1 heterocycles. The van der Waals surface area contributed by atoms with E-state index < -0.39 is 0 Å². The molecule has 1 aliphatic rings. The molecule has 1 aromatic rings. The number of nitrogens with two attached hydrogens (primary N) is 1. The molecule has 0 unspecified atom stereocenters. The maximum absolute atomic E-state index is 5.69. The summed E-state index contributed by atoms with van der Waals surface area (Å²) >= 11 is 4.31. The second-order valence-corrected chi connectivity index (χ2v) is 3.92. The van der Waals surface area contributed by atoms with Gasteiger partial charge in [0.2, 0.25) is 0 Å². The lowest BCUT2D eigenvalue weighted by Gasteiger charge is -2.18. The lowest BCUT2D eigenvalue weighted by Crippen LogP contribution is -2.17. The summed E-state index contributed by atoms with van der Waals surface area (Å²) in [5.74, 6) is 0. The zero-order valence-electron chi connectivity index (χ0n) is 7.53. The molecule has 2 rings (SSSR count). The van der Waals surface area contributed by atoms with Crippen molar-refractivity contribution in [2.75, 3.05) is 23.7 Å². The number of benzene rings is 1. The summed E-state index contributed by atoms with van der Waals surface area (Å²) in [5.41, 5.74) is 7.70. The van der Waals surface area contributed by atoms with E-state index in [0.29, 0.717) is 0 Å². The number of nitrogens with zero attached hydrogens (tertiary/aromatic N) is 1. The van der Waals surface area contributed by atoms with Crippen LogP contribution in [0.1, 0.15) is 12.8 Å². The summed E-state index contributed by atoms with van der Waals surface area (Å²) in [6.45, 7) is 2.33. The number of thiol groups is 1. The van der Waals surface area contributed by atoms with Gasteiger partial charge in [-0.15, -0.1) is 12.6 Å². The van der Waals surface area contributed by atoms with Crippen molar-refractivity contribution < 1.29 is 0 Å². The zero-order valence-corrected chi connectivity index (χ0v) is 8.43. The van der Waals surface area contributed by atoms with E-state index in [0.717, 1.165) is 23.7 Å². The number of nitrogen functional groups attached to an aromatic ring is 1.